The number of benzene rings is 1. The molecule has 0 aliphatic rings. The molecule has 0 radical (unpaired) electrons. The van der Waals surface area contributed by atoms with Crippen molar-refractivity contribution >= 4 is 27.4 Å². The average Bonchev–Trinajstić information content (AvgIpc) is 2.84. The fourth-order valence-electron chi connectivity index (χ4n) is 1.55. The highest BCUT2D eigenvalue weighted by atomic mass is 32.1. The Morgan fingerprint density at radius 3 is 3.07 bits per heavy atom. The van der Waals surface area contributed by atoms with Crippen molar-refractivity contribution < 1.29 is 0 Å². The maximum Gasteiger partial charge on any atom is 0.126 e. The number of fused-ring (bicyclic) bond motifs is 1. The molecule has 1 aromatic carbocycles. The summed E-state index contributed by atoms with van der Waals surface area (Å²) >= 11 is 1.62. The molecule has 0 aliphatic heterocycles. The van der Waals surface area contributed by atoms with Crippen LogP contribution in [0.3, 0.4) is 0 Å². The van der Waals surface area contributed by atoms with Crippen LogP contribution in [0.4, 0.5) is 5.82 Å². The van der Waals surface area contributed by atoms with Crippen molar-refractivity contribution in [3.8, 4) is 11.1 Å². The quantitative estimate of drug-likeness (QED) is 0.655. The molecule has 0 fully saturated rings. The van der Waals surface area contributed by atoms with Crippen LogP contribution in [-0.4, -0.2) is 15.2 Å². The standard InChI is InChI=1S/C10H8N4S/c11-10-7(4-13-14-10)6-1-2-8-9(3-6)15-5-12-8/h1-5H,(H3,11,13,14). The number of nitrogens with two attached hydrogens (primary N) is 1. The van der Waals surface area contributed by atoms with Crippen molar-refractivity contribution in [3.63, 3.8) is 0 Å². The minimum absolute atomic E-state index is 0.596. The van der Waals surface area contributed by atoms with Crippen LogP contribution in [-0.2, 0) is 0 Å². The van der Waals surface area contributed by atoms with Gasteiger partial charge in [-0.15, -0.1) is 11.3 Å². The molecule has 0 spiro atoms. The Morgan fingerprint density at radius 1 is 1.33 bits per heavy atom. The van der Waals surface area contributed by atoms with Crippen LogP contribution >= 0.6 is 11.3 Å². The number of anilines is 1. The summed E-state index contributed by atoms with van der Waals surface area (Å²) in [6, 6.07) is 6.07. The van der Waals surface area contributed by atoms with Gasteiger partial charge < -0.3 is 5.73 Å². The van der Waals surface area contributed by atoms with Gasteiger partial charge in [0.05, 0.1) is 21.9 Å². The molecule has 3 rings (SSSR count). The Kier molecular flexibility index (Phi) is 1.72. The van der Waals surface area contributed by atoms with Crippen molar-refractivity contribution in [2.45, 2.75) is 0 Å². The lowest BCUT2D eigenvalue weighted by Crippen LogP contribution is -1.87. The summed E-state index contributed by atoms with van der Waals surface area (Å²) in [5.74, 6) is 0.596. The Balaban J connectivity index is 2.23. The van der Waals surface area contributed by atoms with E-state index in [0.29, 0.717) is 5.82 Å². The van der Waals surface area contributed by atoms with E-state index in [2.05, 4.69) is 21.2 Å². The summed E-state index contributed by atoms with van der Waals surface area (Å²) in [6.07, 6.45) is 1.73. The monoisotopic (exact) mass is 216 g/mol. The van der Waals surface area contributed by atoms with E-state index in [9.17, 15) is 0 Å². The third-order valence-corrected chi connectivity index (χ3v) is 3.10. The second-order valence-electron chi connectivity index (χ2n) is 3.23. The number of rotatable bonds is 1. The van der Waals surface area contributed by atoms with Crippen molar-refractivity contribution in [2.75, 3.05) is 5.73 Å². The number of nitrogens with zero attached hydrogens (tertiary/aromatic N) is 2. The largest absolute Gasteiger partial charge is 0.384 e. The van der Waals surface area contributed by atoms with Crippen LogP contribution in [0.15, 0.2) is 29.9 Å². The lowest BCUT2D eigenvalue weighted by molar-refractivity contribution is 1.10. The third kappa shape index (κ3) is 1.28. The number of aromatic amines is 1. The number of thiazole rings is 1. The second kappa shape index (κ2) is 3.06. The van der Waals surface area contributed by atoms with Gasteiger partial charge in [0.25, 0.3) is 0 Å². The van der Waals surface area contributed by atoms with Gasteiger partial charge in [-0.25, -0.2) is 4.98 Å². The molecule has 0 bridgehead atoms. The summed E-state index contributed by atoms with van der Waals surface area (Å²) in [5, 5.41) is 6.63. The van der Waals surface area contributed by atoms with E-state index in [1.165, 1.54) is 0 Å². The molecule has 4 nitrogen and oxygen atoms in total. The summed E-state index contributed by atoms with van der Waals surface area (Å²) in [5.41, 5.74) is 10.6. The number of nitrogen functional groups attached to an aromatic ring is 1. The van der Waals surface area contributed by atoms with Gasteiger partial charge in [-0.3, -0.25) is 5.10 Å². The summed E-state index contributed by atoms with van der Waals surface area (Å²) in [4.78, 5) is 4.23. The Labute approximate surface area is 89.8 Å². The Bertz CT molecular complexity index is 610. The van der Waals surface area contributed by atoms with Gasteiger partial charge in [0.2, 0.25) is 0 Å². The number of H-pyrrole nitrogens is 1. The second-order valence-corrected chi connectivity index (χ2v) is 4.12. The molecular formula is C10H8N4S. The molecule has 2 aromatic heterocycles. The molecule has 0 unspecified atom stereocenters. The summed E-state index contributed by atoms with van der Waals surface area (Å²) < 4.78 is 1.16. The van der Waals surface area contributed by atoms with Gasteiger partial charge in [-0.05, 0) is 17.7 Å². The highest BCUT2D eigenvalue weighted by molar-refractivity contribution is 7.16. The van der Waals surface area contributed by atoms with Crippen LogP contribution < -0.4 is 5.73 Å². The molecule has 0 aliphatic carbocycles. The molecule has 0 amide bonds. The fourth-order valence-corrected chi connectivity index (χ4v) is 2.27. The Hall–Kier alpha value is -1.88. The van der Waals surface area contributed by atoms with Crippen molar-refractivity contribution in [1.29, 1.82) is 0 Å². The summed E-state index contributed by atoms with van der Waals surface area (Å²) in [7, 11) is 0. The van der Waals surface area contributed by atoms with E-state index in [4.69, 9.17) is 5.73 Å². The molecule has 0 atom stereocenters. The predicted molar refractivity (Wildman–Crippen MR) is 61.6 cm³/mol. The molecule has 0 saturated heterocycles. The molecule has 3 aromatic rings. The lowest BCUT2D eigenvalue weighted by atomic mass is 10.1. The van der Waals surface area contributed by atoms with E-state index in [-0.39, 0.29) is 0 Å². The predicted octanol–water partition coefficient (Wildman–Crippen LogP) is 2.27. The minimum atomic E-state index is 0.596. The van der Waals surface area contributed by atoms with E-state index >= 15 is 0 Å². The van der Waals surface area contributed by atoms with E-state index in [1.807, 2.05) is 17.6 Å². The van der Waals surface area contributed by atoms with E-state index < -0.39 is 0 Å². The topological polar surface area (TPSA) is 67.6 Å². The molecule has 0 saturated carbocycles. The van der Waals surface area contributed by atoms with Crippen LogP contribution in [0.2, 0.25) is 0 Å². The number of hydrogen-bond acceptors (Lipinski definition) is 4. The van der Waals surface area contributed by atoms with Gasteiger partial charge in [-0.1, -0.05) is 6.07 Å². The van der Waals surface area contributed by atoms with Gasteiger partial charge in [0.15, 0.2) is 0 Å². The average molecular weight is 216 g/mol. The molecule has 74 valence electrons. The Morgan fingerprint density at radius 2 is 2.27 bits per heavy atom. The van der Waals surface area contributed by atoms with Crippen molar-refractivity contribution in [3.05, 3.63) is 29.9 Å². The maximum atomic E-state index is 5.76. The fraction of sp³-hybridized carbons (Fsp3) is 0. The minimum Gasteiger partial charge on any atom is -0.384 e. The van der Waals surface area contributed by atoms with Gasteiger partial charge in [0.1, 0.15) is 5.82 Å². The van der Waals surface area contributed by atoms with Gasteiger partial charge >= 0.3 is 0 Å². The first-order valence-corrected chi connectivity index (χ1v) is 5.35. The lowest BCUT2D eigenvalue weighted by Gasteiger charge is -1.98. The molecular weight excluding hydrogens is 208 g/mol. The zero-order valence-corrected chi connectivity index (χ0v) is 8.58. The van der Waals surface area contributed by atoms with Gasteiger partial charge in [0, 0.05) is 5.56 Å². The molecule has 15 heavy (non-hydrogen) atoms. The zero-order valence-electron chi connectivity index (χ0n) is 7.77. The highest BCUT2D eigenvalue weighted by Gasteiger charge is 2.05. The van der Waals surface area contributed by atoms with Crippen LogP contribution in [0.1, 0.15) is 0 Å². The van der Waals surface area contributed by atoms with Gasteiger partial charge in [-0.2, -0.15) is 5.10 Å². The summed E-state index contributed by atoms with van der Waals surface area (Å²) in [6.45, 7) is 0. The first kappa shape index (κ1) is 8.43. The highest BCUT2D eigenvalue weighted by Crippen LogP contribution is 2.28. The normalized spacial score (nSPS) is 10.9. The molecule has 2 heterocycles. The number of hydrogen-bond donors (Lipinski definition) is 2. The molecule has 3 N–H and O–H groups in total. The number of aromatic nitrogens is 3. The first-order valence-electron chi connectivity index (χ1n) is 4.47. The SMILES string of the molecule is Nc1[nH]ncc1-c1ccc2ncsc2c1. The van der Waals surface area contributed by atoms with Crippen LogP contribution in [0, 0.1) is 0 Å². The smallest absolute Gasteiger partial charge is 0.126 e. The van der Waals surface area contributed by atoms with Crippen molar-refractivity contribution in [1.82, 2.24) is 15.2 Å². The van der Waals surface area contributed by atoms with E-state index in [1.54, 1.807) is 17.5 Å². The number of nitrogens with one attached hydrogen (secondary N) is 1. The van der Waals surface area contributed by atoms with Crippen LogP contribution in [0.25, 0.3) is 21.3 Å². The van der Waals surface area contributed by atoms with Crippen molar-refractivity contribution in [2.24, 2.45) is 0 Å². The zero-order chi connectivity index (χ0) is 10.3. The maximum absolute atomic E-state index is 5.76. The molecule has 5 heteroatoms. The van der Waals surface area contributed by atoms with Crippen LogP contribution in [0.5, 0.6) is 0 Å². The third-order valence-electron chi connectivity index (χ3n) is 2.31. The van der Waals surface area contributed by atoms with E-state index in [0.717, 1.165) is 21.3 Å². The first-order chi connectivity index (χ1) is 7.34.